The number of hydrogen-bond acceptors (Lipinski definition) is 9. The predicted octanol–water partition coefficient (Wildman–Crippen LogP) is 1.42. The van der Waals surface area contributed by atoms with Gasteiger partial charge in [-0.2, -0.15) is 9.29 Å². The average molecular weight is 499 g/mol. The quantitative estimate of drug-likeness (QED) is 0.514. The zero-order chi connectivity index (χ0) is 24.4. The molecule has 0 radical (unpaired) electrons. The smallest absolute Gasteiger partial charge is 0.316 e. The highest BCUT2D eigenvalue weighted by Gasteiger charge is 2.31. The molecule has 0 unspecified atom stereocenters. The normalized spacial score (nSPS) is 17.5. The second-order valence-electron chi connectivity index (χ2n) is 8.39. The Bertz CT molecular complexity index is 1300. The SMILES string of the molecule is Cc1ccc(-c2noc(C(=O)N3CCOCC3)n2)cc1S(=O)(=O)N1CCN(c2ccccn2)CC1. The summed E-state index contributed by atoms with van der Waals surface area (Å²) in [5.41, 5.74) is 1.08. The van der Waals surface area contributed by atoms with E-state index in [4.69, 9.17) is 9.26 Å². The van der Waals surface area contributed by atoms with Gasteiger partial charge in [0.05, 0.1) is 18.1 Å². The van der Waals surface area contributed by atoms with Gasteiger partial charge in [0, 0.05) is 51.0 Å². The summed E-state index contributed by atoms with van der Waals surface area (Å²) in [6, 6.07) is 10.7. The van der Waals surface area contributed by atoms with Gasteiger partial charge >= 0.3 is 11.8 Å². The third-order valence-electron chi connectivity index (χ3n) is 6.18. The van der Waals surface area contributed by atoms with Crippen molar-refractivity contribution in [3.63, 3.8) is 0 Å². The number of morpholine rings is 1. The molecular weight excluding hydrogens is 472 g/mol. The van der Waals surface area contributed by atoms with Crippen LogP contribution in [0.1, 0.15) is 16.2 Å². The van der Waals surface area contributed by atoms with Gasteiger partial charge in [0.2, 0.25) is 15.8 Å². The van der Waals surface area contributed by atoms with Gasteiger partial charge < -0.3 is 19.1 Å². The molecule has 0 atom stereocenters. The van der Waals surface area contributed by atoms with Gasteiger partial charge in [-0.3, -0.25) is 4.79 Å². The summed E-state index contributed by atoms with van der Waals surface area (Å²) < 4.78 is 39.0. The highest BCUT2D eigenvalue weighted by atomic mass is 32.2. The maximum atomic E-state index is 13.5. The number of benzene rings is 1. The molecule has 2 aliphatic heterocycles. The Morgan fingerprint density at radius 1 is 1.00 bits per heavy atom. The van der Waals surface area contributed by atoms with Crippen molar-refractivity contribution in [2.75, 3.05) is 57.4 Å². The molecule has 0 saturated carbocycles. The van der Waals surface area contributed by atoms with E-state index >= 15 is 0 Å². The zero-order valence-electron chi connectivity index (χ0n) is 19.3. The highest BCUT2D eigenvalue weighted by molar-refractivity contribution is 7.89. The lowest BCUT2D eigenvalue weighted by Crippen LogP contribution is -2.49. The molecule has 184 valence electrons. The molecule has 4 heterocycles. The molecule has 1 amide bonds. The van der Waals surface area contributed by atoms with Crippen LogP contribution in [-0.4, -0.2) is 91.1 Å². The number of sulfonamides is 1. The van der Waals surface area contributed by atoms with Crippen molar-refractivity contribution in [2.24, 2.45) is 0 Å². The van der Waals surface area contributed by atoms with Crippen molar-refractivity contribution in [1.29, 1.82) is 0 Å². The van der Waals surface area contributed by atoms with Crippen molar-refractivity contribution < 1.29 is 22.5 Å². The number of pyridine rings is 1. The number of carbonyl (C=O) groups excluding carboxylic acids is 1. The summed E-state index contributed by atoms with van der Waals surface area (Å²) in [7, 11) is -3.74. The molecule has 35 heavy (non-hydrogen) atoms. The lowest BCUT2D eigenvalue weighted by molar-refractivity contribution is 0.0272. The summed E-state index contributed by atoms with van der Waals surface area (Å²) in [5, 5.41) is 3.92. The molecule has 3 aromatic rings. The van der Waals surface area contributed by atoms with E-state index in [0.29, 0.717) is 63.6 Å². The molecule has 5 rings (SSSR count). The molecule has 11 nitrogen and oxygen atoms in total. The van der Waals surface area contributed by atoms with Gasteiger partial charge in [-0.1, -0.05) is 23.4 Å². The first-order chi connectivity index (χ1) is 16.9. The Labute approximate surface area is 203 Å². The monoisotopic (exact) mass is 498 g/mol. The number of carbonyl (C=O) groups is 1. The van der Waals surface area contributed by atoms with Crippen LogP contribution in [0.25, 0.3) is 11.4 Å². The molecule has 0 N–H and O–H groups in total. The summed E-state index contributed by atoms with van der Waals surface area (Å²) in [6.45, 7) is 5.38. The maximum absolute atomic E-state index is 13.5. The molecule has 12 heteroatoms. The van der Waals surface area contributed by atoms with Crippen molar-refractivity contribution in [3.8, 4) is 11.4 Å². The fraction of sp³-hybridized carbons (Fsp3) is 0.391. The zero-order valence-corrected chi connectivity index (χ0v) is 20.1. The van der Waals surface area contributed by atoms with Crippen LogP contribution in [-0.2, 0) is 14.8 Å². The number of rotatable bonds is 5. The molecular formula is C23H26N6O5S. The van der Waals surface area contributed by atoms with E-state index in [2.05, 4.69) is 20.0 Å². The van der Waals surface area contributed by atoms with Gasteiger partial charge in [-0.05, 0) is 30.7 Å². The van der Waals surface area contributed by atoms with E-state index in [-0.39, 0.29) is 22.5 Å². The first-order valence-electron chi connectivity index (χ1n) is 11.4. The predicted molar refractivity (Wildman–Crippen MR) is 126 cm³/mol. The molecule has 1 aromatic carbocycles. The summed E-state index contributed by atoms with van der Waals surface area (Å²) in [4.78, 5) is 25.1. The molecule has 2 saturated heterocycles. The maximum Gasteiger partial charge on any atom is 0.316 e. The summed E-state index contributed by atoms with van der Waals surface area (Å²) in [5.74, 6) is 0.510. The number of hydrogen-bond donors (Lipinski definition) is 0. The van der Waals surface area contributed by atoms with Gasteiger partial charge in [0.1, 0.15) is 5.82 Å². The van der Waals surface area contributed by atoms with Gasteiger partial charge in [-0.25, -0.2) is 13.4 Å². The van der Waals surface area contributed by atoms with E-state index < -0.39 is 10.0 Å². The van der Waals surface area contributed by atoms with E-state index in [1.807, 2.05) is 18.2 Å². The molecule has 0 bridgehead atoms. The summed E-state index contributed by atoms with van der Waals surface area (Å²) >= 11 is 0. The number of anilines is 1. The third kappa shape index (κ3) is 4.77. The fourth-order valence-corrected chi connectivity index (χ4v) is 5.86. The standard InChI is InChI=1S/C23H26N6O5S/c1-17-5-6-18(21-25-22(34-26-21)23(30)28-12-14-33-15-13-28)16-19(17)35(31,32)29-10-8-27(9-11-29)20-4-2-3-7-24-20/h2-7,16H,8-15H2,1H3. The largest absolute Gasteiger partial charge is 0.378 e. The van der Waals surface area contributed by atoms with Gasteiger partial charge in [-0.15, -0.1) is 0 Å². The average Bonchev–Trinajstić information content (AvgIpc) is 3.40. The Morgan fingerprint density at radius 2 is 1.77 bits per heavy atom. The number of nitrogens with zero attached hydrogens (tertiary/aromatic N) is 6. The number of piperazine rings is 1. The molecule has 2 fully saturated rings. The number of aryl methyl sites for hydroxylation is 1. The lowest BCUT2D eigenvalue weighted by atomic mass is 10.1. The minimum Gasteiger partial charge on any atom is -0.378 e. The van der Waals surface area contributed by atoms with Crippen LogP contribution in [0, 0.1) is 6.92 Å². The van der Waals surface area contributed by atoms with Crippen LogP contribution >= 0.6 is 0 Å². The van der Waals surface area contributed by atoms with Crippen molar-refractivity contribution in [3.05, 3.63) is 54.0 Å². The first kappa shape index (κ1) is 23.4. The van der Waals surface area contributed by atoms with Gasteiger partial charge in [0.15, 0.2) is 0 Å². The minimum absolute atomic E-state index is 0.127. The topological polar surface area (TPSA) is 122 Å². The van der Waals surface area contributed by atoms with Crippen LogP contribution in [0.3, 0.4) is 0 Å². The molecule has 0 aliphatic carbocycles. The first-order valence-corrected chi connectivity index (χ1v) is 12.9. The number of ether oxygens (including phenoxy) is 1. The Kier molecular flexibility index (Phi) is 6.50. The second kappa shape index (κ2) is 9.72. The summed E-state index contributed by atoms with van der Waals surface area (Å²) in [6.07, 6.45) is 1.73. The molecule has 2 aromatic heterocycles. The van der Waals surface area contributed by atoms with Crippen molar-refractivity contribution in [1.82, 2.24) is 24.3 Å². The number of aromatic nitrogens is 3. The Hall–Kier alpha value is -3.35. The Morgan fingerprint density at radius 3 is 2.49 bits per heavy atom. The minimum atomic E-state index is -3.74. The van der Waals surface area contributed by atoms with Gasteiger partial charge in [0.25, 0.3) is 0 Å². The highest BCUT2D eigenvalue weighted by Crippen LogP contribution is 2.27. The van der Waals surface area contributed by atoms with E-state index in [1.165, 1.54) is 4.31 Å². The molecule has 0 spiro atoms. The van der Waals surface area contributed by atoms with Crippen LogP contribution in [0.5, 0.6) is 0 Å². The van der Waals surface area contributed by atoms with Crippen molar-refractivity contribution in [2.45, 2.75) is 11.8 Å². The Balaban J connectivity index is 1.34. The lowest BCUT2D eigenvalue weighted by Gasteiger charge is -2.34. The fourth-order valence-electron chi connectivity index (χ4n) is 4.18. The van der Waals surface area contributed by atoms with E-state index in [1.54, 1.807) is 36.2 Å². The van der Waals surface area contributed by atoms with E-state index in [9.17, 15) is 13.2 Å². The third-order valence-corrected chi connectivity index (χ3v) is 8.22. The van der Waals surface area contributed by atoms with E-state index in [0.717, 1.165) is 5.82 Å². The van der Waals surface area contributed by atoms with Crippen LogP contribution in [0.2, 0.25) is 0 Å². The second-order valence-corrected chi connectivity index (χ2v) is 10.3. The number of amides is 1. The molecule has 2 aliphatic rings. The van der Waals surface area contributed by atoms with Crippen molar-refractivity contribution >= 4 is 21.7 Å². The van der Waals surface area contributed by atoms with Crippen LogP contribution in [0.4, 0.5) is 5.82 Å². The van der Waals surface area contributed by atoms with Crippen LogP contribution in [0.15, 0.2) is 52.0 Å². The van der Waals surface area contributed by atoms with Crippen LogP contribution < -0.4 is 4.90 Å².